The van der Waals surface area contributed by atoms with E-state index < -0.39 is 0 Å². The lowest BCUT2D eigenvalue weighted by molar-refractivity contribution is -0.130. The van der Waals surface area contributed by atoms with Crippen molar-refractivity contribution in [1.29, 1.82) is 0 Å². The highest BCUT2D eigenvalue weighted by Gasteiger charge is 2.19. The summed E-state index contributed by atoms with van der Waals surface area (Å²) < 4.78 is 4.63. The molecule has 1 aliphatic rings. The number of rotatable bonds is 3. The molecule has 11 heavy (non-hydrogen) atoms. The summed E-state index contributed by atoms with van der Waals surface area (Å²) in [5.74, 6) is 0.379. The van der Waals surface area contributed by atoms with E-state index in [1.54, 1.807) is 0 Å². The van der Waals surface area contributed by atoms with Crippen LogP contribution in [0.15, 0.2) is 0 Å². The second-order valence-corrected chi connectivity index (χ2v) is 3.12. The Morgan fingerprint density at radius 1 is 1.55 bits per heavy atom. The van der Waals surface area contributed by atoms with Crippen LogP contribution in [-0.2, 0) is 9.53 Å². The SMILES string of the molecule is O=COCC1CCCC(O)C1. The van der Waals surface area contributed by atoms with Crippen molar-refractivity contribution < 1.29 is 14.6 Å². The maximum absolute atomic E-state index is 9.84. The van der Waals surface area contributed by atoms with Crippen LogP contribution in [-0.4, -0.2) is 24.3 Å². The summed E-state index contributed by atoms with van der Waals surface area (Å²) in [7, 11) is 0. The Balaban J connectivity index is 2.17. The van der Waals surface area contributed by atoms with Crippen LogP contribution in [0.1, 0.15) is 25.7 Å². The topological polar surface area (TPSA) is 46.5 Å². The molecule has 0 aromatic rings. The van der Waals surface area contributed by atoms with E-state index in [9.17, 15) is 9.90 Å². The Hall–Kier alpha value is -0.570. The molecule has 2 atom stereocenters. The van der Waals surface area contributed by atoms with Gasteiger partial charge in [-0.3, -0.25) is 4.79 Å². The summed E-state index contributed by atoms with van der Waals surface area (Å²) in [5.41, 5.74) is 0. The number of carbonyl (C=O) groups is 1. The number of hydrogen-bond donors (Lipinski definition) is 1. The van der Waals surface area contributed by atoms with Gasteiger partial charge in [0.15, 0.2) is 0 Å². The molecule has 0 aromatic carbocycles. The van der Waals surface area contributed by atoms with Crippen LogP contribution >= 0.6 is 0 Å². The van der Waals surface area contributed by atoms with E-state index in [1.165, 1.54) is 0 Å². The molecule has 0 spiro atoms. The van der Waals surface area contributed by atoms with Crippen LogP contribution in [0.25, 0.3) is 0 Å². The average Bonchev–Trinajstić information content (AvgIpc) is 2.01. The van der Waals surface area contributed by atoms with Gasteiger partial charge in [0.05, 0.1) is 12.7 Å². The first kappa shape index (κ1) is 8.53. The van der Waals surface area contributed by atoms with Gasteiger partial charge in [0.2, 0.25) is 0 Å². The maximum atomic E-state index is 9.84. The number of ether oxygens (including phenoxy) is 1. The summed E-state index contributed by atoms with van der Waals surface area (Å²) >= 11 is 0. The van der Waals surface area contributed by atoms with Gasteiger partial charge in [0.25, 0.3) is 6.47 Å². The third kappa shape index (κ3) is 2.89. The quantitative estimate of drug-likeness (QED) is 0.615. The van der Waals surface area contributed by atoms with Crippen LogP contribution in [0.5, 0.6) is 0 Å². The molecule has 3 heteroatoms. The summed E-state index contributed by atoms with van der Waals surface area (Å²) in [5, 5.41) is 9.24. The molecular formula is C8H14O3. The molecule has 0 aromatic heterocycles. The van der Waals surface area contributed by atoms with Crippen molar-refractivity contribution in [2.45, 2.75) is 31.8 Å². The molecular weight excluding hydrogens is 144 g/mol. The Labute approximate surface area is 66.4 Å². The minimum absolute atomic E-state index is 0.177. The Morgan fingerprint density at radius 2 is 2.36 bits per heavy atom. The predicted molar refractivity (Wildman–Crippen MR) is 40.0 cm³/mol. The van der Waals surface area contributed by atoms with E-state index in [-0.39, 0.29) is 6.10 Å². The Kier molecular flexibility index (Phi) is 3.36. The lowest BCUT2D eigenvalue weighted by Gasteiger charge is -2.24. The van der Waals surface area contributed by atoms with E-state index in [1.807, 2.05) is 0 Å². The fraction of sp³-hybridized carbons (Fsp3) is 0.875. The summed E-state index contributed by atoms with van der Waals surface area (Å²) in [6.45, 7) is 0.946. The fourth-order valence-corrected chi connectivity index (χ4v) is 1.59. The van der Waals surface area contributed by atoms with Crippen molar-refractivity contribution in [1.82, 2.24) is 0 Å². The first-order valence-electron chi connectivity index (χ1n) is 4.06. The lowest BCUT2D eigenvalue weighted by atomic mass is 9.88. The third-order valence-corrected chi connectivity index (χ3v) is 2.16. The van der Waals surface area contributed by atoms with Gasteiger partial charge in [-0.25, -0.2) is 0 Å². The van der Waals surface area contributed by atoms with Crippen LogP contribution < -0.4 is 0 Å². The van der Waals surface area contributed by atoms with Crippen molar-refractivity contribution in [3.05, 3.63) is 0 Å². The smallest absolute Gasteiger partial charge is 0.293 e. The molecule has 0 bridgehead atoms. The van der Waals surface area contributed by atoms with Crippen molar-refractivity contribution in [2.75, 3.05) is 6.61 Å². The first-order chi connectivity index (χ1) is 5.33. The summed E-state index contributed by atoms with van der Waals surface area (Å²) in [4.78, 5) is 9.84. The molecule has 64 valence electrons. The van der Waals surface area contributed by atoms with Gasteiger partial charge in [0, 0.05) is 0 Å². The zero-order valence-corrected chi connectivity index (χ0v) is 6.53. The van der Waals surface area contributed by atoms with E-state index >= 15 is 0 Å². The minimum Gasteiger partial charge on any atom is -0.468 e. The average molecular weight is 158 g/mol. The van der Waals surface area contributed by atoms with Crippen LogP contribution in [0.2, 0.25) is 0 Å². The third-order valence-electron chi connectivity index (χ3n) is 2.16. The largest absolute Gasteiger partial charge is 0.468 e. The zero-order valence-electron chi connectivity index (χ0n) is 6.53. The van der Waals surface area contributed by atoms with Crippen LogP contribution in [0.3, 0.4) is 0 Å². The normalized spacial score (nSPS) is 31.4. The highest BCUT2D eigenvalue weighted by Crippen LogP contribution is 2.23. The Bertz CT molecular complexity index is 125. The predicted octanol–water partition coefficient (Wildman–Crippen LogP) is 0.711. The van der Waals surface area contributed by atoms with Gasteiger partial charge < -0.3 is 9.84 Å². The van der Waals surface area contributed by atoms with Gasteiger partial charge in [-0.1, -0.05) is 6.42 Å². The van der Waals surface area contributed by atoms with E-state index in [0.29, 0.717) is 19.0 Å². The zero-order chi connectivity index (χ0) is 8.10. The van der Waals surface area contributed by atoms with E-state index in [4.69, 9.17) is 0 Å². The molecule has 0 saturated heterocycles. The molecule has 3 nitrogen and oxygen atoms in total. The minimum atomic E-state index is -0.177. The second-order valence-electron chi connectivity index (χ2n) is 3.12. The molecule has 0 radical (unpaired) electrons. The lowest BCUT2D eigenvalue weighted by Crippen LogP contribution is -2.22. The molecule has 0 aliphatic heterocycles. The first-order valence-corrected chi connectivity index (χ1v) is 4.06. The maximum Gasteiger partial charge on any atom is 0.293 e. The molecule has 1 fully saturated rings. The number of carbonyl (C=O) groups excluding carboxylic acids is 1. The molecule has 1 rings (SSSR count). The van der Waals surface area contributed by atoms with Gasteiger partial charge >= 0.3 is 0 Å². The molecule has 0 amide bonds. The van der Waals surface area contributed by atoms with Crippen LogP contribution in [0.4, 0.5) is 0 Å². The number of aliphatic hydroxyl groups is 1. The number of hydrogen-bond acceptors (Lipinski definition) is 3. The monoisotopic (exact) mass is 158 g/mol. The van der Waals surface area contributed by atoms with Gasteiger partial charge in [-0.15, -0.1) is 0 Å². The highest BCUT2D eigenvalue weighted by molar-refractivity contribution is 5.36. The standard InChI is InChI=1S/C8H14O3/c9-6-11-5-7-2-1-3-8(10)4-7/h6-8,10H,1-5H2. The van der Waals surface area contributed by atoms with Gasteiger partial charge in [-0.2, -0.15) is 0 Å². The van der Waals surface area contributed by atoms with Gasteiger partial charge in [0.1, 0.15) is 0 Å². The van der Waals surface area contributed by atoms with Crippen molar-refractivity contribution in [2.24, 2.45) is 5.92 Å². The Morgan fingerprint density at radius 3 is 3.00 bits per heavy atom. The molecule has 1 saturated carbocycles. The highest BCUT2D eigenvalue weighted by atomic mass is 16.5. The van der Waals surface area contributed by atoms with Crippen molar-refractivity contribution in [3.8, 4) is 0 Å². The van der Waals surface area contributed by atoms with E-state index in [0.717, 1.165) is 25.7 Å². The van der Waals surface area contributed by atoms with Crippen LogP contribution in [0, 0.1) is 5.92 Å². The molecule has 1 N–H and O–H groups in total. The van der Waals surface area contributed by atoms with E-state index in [2.05, 4.69) is 4.74 Å². The summed E-state index contributed by atoms with van der Waals surface area (Å²) in [6, 6.07) is 0. The molecule has 1 aliphatic carbocycles. The fourth-order valence-electron chi connectivity index (χ4n) is 1.59. The molecule has 2 unspecified atom stereocenters. The van der Waals surface area contributed by atoms with Crippen molar-refractivity contribution >= 4 is 6.47 Å². The van der Waals surface area contributed by atoms with Gasteiger partial charge in [-0.05, 0) is 25.2 Å². The second kappa shape index (κ2) is 4.34. The summed E-state index contributed by atoms with van der Waals surface area (Å²) in [6.07, 6.45) is 3.63. The molecule has 0 heterocycles. The number of aliphatic hydroxyl groups excluding tert-OH is 1. The van der Waals surface area contributed by atoms with Crippen molar-refractivity contribution in [3.63, 3.8) is 0 Å².